The summed E-state index contributed by atoms with van der Waals surface area (Å²) in [6.45, 7) is 7.32. The SMILES string of the molecule is C/C=C/[C@@]1(C)CC[C@H]2[C@@H]3CCc4cc(OC)ccc4[C@H]3CC[C@@]21C. The van der Waals surface area contributed by atoms with Gasteiger partial charge in [0.2, 0.25) is 0 Å². The van der Waals surface area contributed by atoms with Gasteiger partial charge in [0.05, 0.1) is 7.11 Å². The molecule has 2 saturated carbocycles. The molecule has 0 unspecified atom stereocenters. The number of hydrogen-bond donors (Lipinski definition) is 0. The Bertz CT molecular complexity index is 660. The Hall–Kier alpha value is -1.24. The summed E-state index contributed by atoms with van der Waals surface area (Å²) in [6.07, 6.45) is 13.0. The zero-order chi connectivity index (χ0) is 16.9. The quantitative estimate of drug-likeness (QED) is 0.594. The van der Waals surface area contributed by atoms with Crippen LogP contribution in [0.4, 0.5) is 0 Å². The molecule has 2 fully saturated rings. The molecule has 0 aliphatic heterocycles. The van der Waals surface area contributed by atoms with Crippen LogP contribution < -0.4 is 4.74 Å². The molecule has 24 heavy (non-hydrogen) atoms. The zero-order valence-corrected chi connectivity index (χ0v) is 15.8. The van der Waals surface area contributed by atoms with Crippen molar-refractivity contribution in [1.29, 1.82) is 0 Å². The van der Waals surface area contributed by atoms with Gasteiger partial charge in [0.1, 0.15) is 5.75 Å². The number of allylic oxidation sites excluding steroid dienone is 2. The molecule has 0 saturated heterocycles. The van der Waals surface area contributed by atoms with Gasteiger partial charge < -0.3 is 4.74 Å². The molecule has 4 rings (SSSR count). The Balaban J connectivity index is 1.68. The van der Waals surface area contributed by atoms with E-state index in [1.54, 1.807) is 18.2 Å². The first-order valence-corrected chi connectivity index (χ1v) is 9.83. The van der Waals surface area contributed by atoms with Gasteiger partial charge in [-0.25, -0.2) is 0 Å². The second-order valence-electron chi connectivity index (χ2n) is 8.89. The van der Waals surface area contributed by atoms with E-state index < -0.39 is 0 Å². The van der Waals surface area contributed by atoms with Crippen molar-refractivity contribution in [2.75, 3.05) is 7.11 Å². The zero-order valence-electron chi connectivity index (χ0n) is 15.8. The van der Waals surface area contributed by atoms with Gasteiger partial charge in [-0.05, 0) is 97.3 Å². The van der Waals surface area contributed by atoms with E-state index in [-0.39, 0.29) is 0 Å². The minimum atomic E-state index is 0.400. The summed E-state index contributed by atoms with van der Waals surface area (Å²) in [5.41, 5.74) is 4.07. The van der Waals surface area contributed by atoms with Crippen LogP contribution in [-0.2, 0) is 6.42 Å². The molecule has 0 bridgehead atoms. The summed E-state index contributed by atoms with van der Waals surface area (Å²) >= 11 is 0. The molecule has 130 valence electrons. The summed E-state index contributed by atoms with van der Waals surface area (Å²) < 4.78 is 5.45. The Morgan fingerprint density at radius 2 is 1.96 bits per heavy atom. The van der Waals surface area contributed by atoms with Crippen LogP contribution in [0.3, 0.4) is 0 Å². The van der Waals surface area contributed by atoms with Crippen LogP contribution >= 0.6 is 0 Å². The summed E-state index contributed by atoms with van der Waals surface area (Å²) in [7, 11) is 1.78. The topological polar surface area (TPSA) is 9.23 Å². The first-order valence-electron chi connectivity index (χ1n) is 9.83. The van der Waals surface area contributed by atoms with E-state index in [9.17, 15) is 0 Å². The average molecular weight is 325 g/mol. The van der Waals surface area contributed by atoms with E-state index in [0.29, 0.717) is 10.8 Å². The van der Waals surface area contributed by atoms with E-state index in [0.717, 1.165) is 23.5 Å². The van der Waals surface area contributed by atoms with Crippen molar-refractivity contribution in [3.05, 3.63) is 41.5 Å². The van der Waals surface area contributed by atoms with Gasteiger partial charge in [0.15, 0.2) is 0 Å². The Morgan fingerprint density at radius 1 is 1.12 bits per heavy atom. The highest BCUT2D eigenvalue weighted by atomic mass is 16.5. The Morgan fingerprint density at radius 3 is 2.71 bits per heavy atom. The Labute approximate surface area is 147 Å². The highest BCUT2D eigenvalue weighted by Crippen LogP contribution is 2.67. The summed E-state index contributed by atoms with van der Waals surface area (Å²) in [5, 5.41) is 0. The minimum Gasteiger partial charge on any atom is -0.497 e. The minimum absolute atomic E-state index is 0.400. The number of hydrogen-bond acceptors (Lipinski definition) is 1. The standard InChI is InChI=1S/C23H32O/c1-5-12-22(2)13-11-21-20-8-6-16-15-17(24-4)7-9-18(16)19(20)10-14-23(21,22)3/h5,7,9,12,15,19-21H,6,8,10-11,13-14H2,1-4H3/b12-5+/t19-,20-,21+,22+,23+/m1/s1. The van der Waals surface area contributed by atoms with Crippen LogP contribution in [0, 0.1) is 22.7 Å². The predicted molar refractivity (Wildman–Crippen MR) is 101 cm³/mol. The van der Waals surface area contributed by atoms with Crippen molar-refractivity contribution >= 4 is 0 Å². The third-order valence-electron chi connectivity index (χ3n) is 8.14. The molecular formula is C23H32O. The number of ether oxygens (including phenoxy) is 1. The molecule has 0 N–H and O–H groups in total. The fourth-order valence-electron chi connectivity index (χ4n) is 6.63. The molecule has 0 amide bonds. The Kier molecular flexibility index (Phi) is 3.82. The maximum atomic E-state index is 5.45. The van der Waals surface area contributed by atoms with Crippen LogP contribution in [-0.4, -0.2) is 7.11 Å². The van der Waals surface area contributed by atoms with Crippen molar-refractivity contribution in [3.8, 4) is 5.75 Å². The van der Waals surface area contributed by atoms with Gasteiger partial charge in [0.25, 0.3) is 0 Å². The van der Waals surface area contributed by atoms with Crippen molar-refractivity contribution in [1.82, 2.24) is 0 Å². The lowest BCUT2D eigenvalue weighted by atomic mass is 9.51. The molecule has 1 aromatic rings. The number of aryl methyl sites for hydroxylation is 1. The molecule has 1 nitrogen and oxygen atoms in total. The normalized spacial score (nSPS) is 40.9. The molecule has 0 radical (unpaired) electrons. The monoisotopic (exact) mass is 324 g/mol. The van der Waals surface area contributed by atoms with Crippen LogP contribution in [0.1, 0.15) is 69.9 Å². The maximum absolute atomic E-state index is 5.45. The number of rotatable bonds is 2. The first kappa shape index (κ1) is 16.2. The van der Waals surface area contributed by atoms with Gasteiger partial charge in [-0.1, -0.05) is 32.1 Å². The molecule has 0 spiro atoms. The fourth-order valence-corrected chi connectivity index (χ4v) is 6.63. The molecule has 0 heterocycles. The van der Waals surface area contributed by atoms with Crippen molar-refractivity contribution in [2.45, 2.75) is 65.2 Å². The maximum Gasteiger partial charge on any atom is 0.119 e. The second-order valence-corrected chi connectivity index (χ2v) is 8.89. The van der Waals surface area contributed by atoms with Gasteiger partial charge >= 0.3 is 0 Å². The van der Waals surface area contributed by atoms with E-state index in [2.05, 4.69) is 51.1 Å². The predicted octanol–water partition coefficient (Wildman–Crippen LogP) is 6.13. The van der Waals surface area contributed by atoms with Crippen LogP contribution in [0.5, 0.6) is 5.75 Å². The molecule has 1 aromatic carbocycles. The second kappa shape index (κ2) is 5.64. The van der Waals surface area contributed by atoms with E-state index >= 15 is 0 Å². The van der Waals surface area contributed by atoms with Crippen molar-refractivity contribution < 1.29 is 4.74 Å². The third kappa shape index (κ3) is 2.13. The number of methoxy groups -OCH3 is 1. The van der Waals surface area contributed by atoms with Crippen LogP contribution in [0.25, 0.3) is 0 Å². The lowest BCUT2D eigenvalue weighted by molar-refractivity contribution is 0.00472. The van der Waals surface area contributed by atoms with Crippen molar-refractivity contribution in [2.24, 2.45) is 22.7 Å². The van der Waals surface area contributed by atoms with Gasteiger partial charge in [-0.15, -0.1) is 0 Å². The largest absolute Gasteiger partial charge is 0.497 e. The molecule has 3 aliphatic rings. The van der Waals surface area contributed by atoms with E-state index in [1.165, 1.54) is 38.5 Å². The summed E-state index contributed by atoms with van der Waals surface area (Å²) in [4.78, 5) is 0. The summed E-state index contributed by atoms with van der Waals surface area (Å²) in [6, 6.07) is 6.83. The van der Waals surface area contributed by atoms with Crippen molar-refractivity contribution in [3.63, 3.8) is 0 Å². The first-order chi connectivity index (χ1) is 11.5. The molecule has 5 atom stereocenters. The van der Waals surface area contributed by atoms with Gasteiger partial charge in [0, 0.05) is 0 Å². The lowest BCUT2D eigenvalue weighted by Crippen LogP contribution is -2.45. The smallest absolute Gasteiger partial charge is 0.119 e. The molecule has 0 aromatic heterocycles. The fraction of sp³-hybridized carbons (Fsp3) is 0.652. The van der Waals surface area contributed by atoms with Gasteiger partial charge in [-0.3, -0.25) is 0 Å². The lowest BCUT2D eigenvalue weighted by Gasteiger charge is -2.53. The third-order valence-corrected chi connectivity index (χ3v) is 8.14. The molecular weight excluding hydrogens is 292 g/mol. The summed E-state index contributed by atoms with van der Waals surface area (Å²) in [5.74, 6) is 3.59. The van der Waals surface area contributed by atoms with Crippen LogP contribution in [0.15, 0.2) is 30.4 Å². The van der Waals surface area contributed by atoms with Gasteiger partial charge in [-0.2, -0.15) is 0 Å². The average Bonchev–Trinajstić information content (AvgIpc) is 2.86. The highest BCUT2D eigenvalue weighted by Gasteiger charge is 2.58. The number of benzene rings is 1. The van der Waals surface area contributed by atoms with Crippen LogP contribution in [0.2, 0.25) is 0 Å². The molecule has 3 aliphatic carbocycles. The van der Waals surface area contributed by atoms with E-state index in [1.807, 2.05) is 0 Å². The number of fused-ring (bicyclic) bond motifs is 5. The highest BCUT2D eigenvalue weighted by molar-refractivity contribution is 5.41. The molecule has 1 heteroatoms. The van der Waals surface area contributed by atoms with E-state index in [4.69, 9.17) is 4.74 Å².